The molecular weight excluding hydrogens is 228 g/mol. The first-order chi connectivity index (χ1) is 8.33. The quantitative estimate of drug-likeness (QED) is 0.873. The average Bonchev–Trinajstić information content (AvgIpc) is 2.76. The fraction of sp³-hybridized carbons (Fsp3) is 0.786. The molecule has 0 aromatic carbocycles. The summed E-state index contributed by atoms with van der Waals surface area (Å²) < 4.78 is 0. The van der Waals surface area contributed by atoms with Gasteiger partial charge in [0.2, 0.25) is 0 Å². The van der Waals surface area contributed by atoms with Crippen molar-refractivity contribution in [3.63, 3.8) is 0 Å². The Morgan fingerprint density at radius 2 is 1.76 bits per heavy atom. The van der Waals surface area contributed by atoms with Gasteiger partial charge in [-0.3, -0.25) is 0 Å². The third kappa shape index (κ3) is 1.59. The summed E-state index contributed by atoms with van der Waals surface area (Å²) in [6.45, 7) is 0.601. The molecule has 4 aliphatic carbocycles. The van der Waals surface area contributed by atoms with Crippen molar-refractivity contribution >= 4 is 11.3 Å². The minimum Gasteiger partial charge on any atom is -0.325 e. The molecule has 1 aromatic heterocycles. The zero-order valence-electron chi connectivity index (χ0n) is 10.1. The molecule has 17 heavy (non-hydrogen) atoms. The summed E-state index contributed by atoms with van der Waals surface area (Å²) >= 11 is 1.86. The second kappa shape index (κ2) is 3.79. The fourth-order valence-corrected chi connectivity index (χ4v) is 6.02. The molecule has 0 saturated heterocycles. The van der Waals surface area contributed by atoms with Gasteiger partial charge in [0.25, 0.3) is 0 Å². The van der Waals surface area contributed by atoms with Crippen LogP contribution in [0.15, 0.2) is 5.38 Å². The summed E-state index contributed by atoms with van der Waals surface area (Å²) in [5.41, 5.74) is 6.78. The first-order valence-corrected chi connectivity index (χ1v) is 7.85. The standard InChI is InChI=1S/C14H20N2S/c15-6-12-7-17-14(16-12)13-10-2-8-1-9(4-10)5-11(13)3-8/h7-11,13H,1-6,15H2. The van der Waals surface area contributed by atoms with Gasteiger partial charge in [-0.15, -0.1) is 11.3 Å². The van der Waals surface area contributed by atoms with Crippen LogP contribution in [0, 0.1) is 23.7 Å². The summed E-state index contributed by atoms with van der Waals surface area (Å²) in [6, 6.07) is 0. The van der Waals surface area contributed by atoms with Crippen LogP contribution in [0.4, 0.5) is 0 Å². The molecule has 0 atom stereocenters. The highest BCUT2D eigenvalue weighted by molar-refractivity contribution is 7.09. The lowest BCUT2D eigenvalue weighted by atomic mass is 9.52. The predicted octanol–water partition coefficient (Wildman–Crippen LogP) is 3.14. The molecule has 0 radical (unpaired) electrons. The van der Waals surface area contributed by atoms with Crippen LogP contribution in [0.5, 0.6) is 0 Å². The maximum atomic E-state index is 5.68. The third-order valence-electron chi connectivity index (χ3n) is 5.29. The molecule has 4 fully saturated rings. The molecule has 2 N–H and O–H groups in total. The zero-order valence-corrected chi connectivity index (χ0v) is 11.0. The molecule has 0 spiro atoms. The number of nitrogens with two attached hydrogens (primary N) is 1. The molecule has 4 bridgehead atoms. The molecular formula is C14H20N2S. The minimum atomic E-state index is 0.601. The molecule has 3 heteroatoms. The Morgan fingerprint density at radius 1 is 1.12 bits per heavy atom. The maximum absolute atomic E-state index is 5.68. The van der Waals surface area contributed by atoms with Gasteiger partial charge in [0.1, 0.15) is 0 Å². The SMILES string of the molecule is NCc1csc(C2C3CC4CC(C3)CC2C4)n1. The summed E-state index contributed by atoms with van der Waals surface area (Å²) in [6.07, 6.45) is 7.46. The summed E-state index contributed by atoms with van der Waals surface area (Å²) in [5.74, 6) is 4.80. The minimum absolute atomic E-state index is 0.601. The predicted molar refractivity (Wildman–Crippen MR) is 69.8 cm³/mol. The molecule has 1 heterocycles. The number of hydrogen-bond donors (Lipinski definition) is 1. The first-order valence-electron chi connectivity index (χ1n) is 6.98. The Bertz CT molecular complexity index is 398. The number of aromatic nitrogens is 1. The van der Waals surface area contributed by atoms with Crippen LogP contribution in [-0.4, -0.2) is 4.98 Å². The third-order valence-corrected chi connectivity index (χ3v) is 6.29. The van der Waals surface area contributed by atoms with E-state index >= 15 is 0 Å². The molecule has 4 saturated carbocycles. The molecule has 4 aliphatic rings. The largest absolute Gasteiger partial charge is 0.325 e. The topological polar surface area (TPSA) is 38.9 Å². The number of nitrogens with zero attached hydrogens (tertiary/aromatic N) is 1. The van der Waals surface area contributed by atoms with E-state index in [-0.39, 0.29) is 0 Å². The van der Waals surface area contributed by atoms with Gasteiger partial charge in [-0.1, -0.05) is 0 Å². The van der Waals surface area contributed by atoms with Gasteiger partial charge in [0.15, 0.2) is 0 Å². The van der Waals surface area contributed by atoms with Crippen LogP contribution in [0.2, 0.25) is 0 Å². The van der Waals surface area contributed by atoms with Gasteiger partial charge in [0.05, 0.1) is 10.7 Å². The van der Waals surface area contributed by atoms with E-state index in [1.165, 1.54) is 37.1 Å². The Balaban J connectivity index is 1.65. The van der Waals surface area contributed by atoms with Crippen LogP contribution in [0.3, 0.4) is 0 Å². The van der Waals surface area contributed by atoms with E-state index in [0.717, 1.165) is 35.3 Å². The van der Waals surface area contributed by atoms with Gasteiger partial charge in [-0.2, -0.15) is 0 Å². The van der Waals surface area contributed by atoms with Gasteiger partial charge >= 0.3 is 0 Å². The van der Waals surface area contributed by atoms with Gasteiger partial charge in [-0.25, -0.2) is 4.98 Å². The van der Waals surface area contributed by atoms with E-state index in [4.69, 9.17) is 10.7 Å². The molecule has 92 valence electrons. The molecule has 1 aromatic rings. The molecule has 2 nitrogen and oxygen atoms in total. The summed E-state index contributed by atoms with van der Waals surface area (Å²) in [4.78, 5) is 4.77. The van der Waals surface area contributed by atoms with Crippen LogP contribution in [-0.2, 0) is 6.54 Å². The lowest BCUT2D eigenvalue weighted by Crippen LogP contribution is -2.43. The van der Waals surface area contributed by atoms with Crippen molar-refractivity contribution in [2.24, 2.45) is 29.4 Å². The summed E-state index contributed by atoms with van der Waals surface area (Å²) in [5, 5.41) is 3.57. The Labute approximate surface area is 107 Å². The molecule has 0 aliphatic heterocycles. The van der Waals surface area contributed by atoms with Crippen molar-refractivity contribution in [2.75, 3.05) is 0 Å². The Kier molecular flexibility index (Phi) is 2.34. The highest BCUT2D eigenvalue weighted by Crippen LogP contribution is 2.59. The number of rotatable bonds is 2. The van der Waals surface area contributed by atoms with Crippen molar-refractivity contribution in [1.29, 1.82) is 0 Å². The lowest BCUT2D eigenvalue weighted by Gasteiger charge is -2.53. The van der Waals surface area contributed by atoms with E-state index in [9.17, 15) is 0 Å². The number of thiazole rings is 1. The average molecular weight is 248 g/mol. The Hall–Kier alpha value is -0.410. The van der Waals surface area contributed by atoms with E-state index in [1.54, 1.807) is 0 Å². The monoisotopic (exact) mass is 248 g/mol. The van der Waals surface area contributed by atoms with E-state index in [1.807, 2.05) is 11.3 Å². The van der Waals surface area contributed by atoms with Gasteiger partial charge in [-0.05, 0) is 55.8 Å². The van der Waals surface area contributed by atoms with Crippen LogP contribution < -0.4 is 5.73 Å². The fourth-order valence-electron chi connectivity index (χ4n) is 4.90. The van der Waals surface area contributed by atoms with E-state index < -0.39 is 0 Å². The first kappa shape index (κ1) is 10.5. The Morgan fingerprint density at radius 3 is 2.29 bits per heavy atom. The van der Waals surface area contributed by atoms with Crippen molar-refractivity contribution in [2.45, 2.75) is 44.6 Å². The van der Waals surface area contributed by atoms with Crippen LogP contribution >= 0.6 is 11.3 Å². The highest BCUT2D eigenvalue weighted by Gasteiger charge is 2.49. The van der Waals surface area contributed by atoms with Crippen molar-refractivity contribution in [3.8, 4) is 0 Å². The van der Waals surface area contributed by atoms with Crippen LogP contribution in [0.25, 0.3) is 0 Å². The van der Waals surface area contributed by atoms with Crippen molar-refractivity contribution < 1.29 is 0 Å². The molecule has 0 unspecified atom stereocenters. The van der Waals surface area contributed by atoms with Crippen LogP contribution in [0.1, 0.15) is 48.7 Å². The smallest absolute Gasteiger partial charge is 0.0965 e. The molecule has 0 amide bonds. The highest BCUT2D eigenvalue weighted by atomic mass is 32.1. The summed E-state index contributed by atoms with van der Waals surface area (Å²) in [7, 11) is 0. The molecule has 5 rings (SSSR count). The van der Waals surface area contributed by atoms with Crippen molar-refractivity contribution in [3.05, 3.63) is 16.1 Å². The second-order valence-corrected chi connectivity index (χ2v) is 7.23. The maximum Gasteiger partial charge on any atom is 0.0965 e. The van der Waals surface area contributed by atoms with Gasteiger partial charge in [0, 0.05) is 17.8 Å². The lowest BCUT2D eigenvalue weighted by molar-refractivity contribution is -0.00287. The van der Waals surface area contributed by atoms with E-state index in [0.29, 0.717) is 6.54 Å². The van der Waals surface area contributed by atoms with E-state index in [2.05, 4.69) is 5.38 Å². The van der Waals surface area contributed by atoms with Crippen molar-refractivity contribution in [1.82, 2.24) is 4.98 Å². The van der Waals surface area contributed by atoms with Gasteiger partial charge < -0.3 is 5.73 Å². The number of hydrogen-bond acceptors (Lipinski definition) is 3. The second-order valence-electron chi connectivity index (χ2n) is 6.34. The zero-order chi connectivity index (χ0) is 11.4. The normalized spacial score (nSPS) is 43.2.